The molecule has 1 aromatic rings. The van der Waals surface area contributed by atoms with Gasteiger partial charge in [0.05, 0.1) is 7.11 Å². The molecule has 2 amide bonds. The van der Waals surface area contributed by atoms with Gasteiger partial charge in [0.2, 0.25) is 11.8 Å². The molecule has 1 aliphatic carbocycles. The number of hydrogen-bond acceptors (Lipinski definition) is 4. The molecule has 148 valence electrons. The lowest BCUT2D eigenvalue weighted by Crippen LogP contribution is -2.60. The predicted molar refractivity (Wildman–Crippen MR) is 106 cm³/mol. The molecular weight excluding hydrogens is 342 g/mol. The van der Waals surface area contributed by atoms with Crippen LogP contribution < -0.4 is 15.4 Å². The number of piperidine rings is 1. The standard InChI is InChI=1S/C21H31N3O3/c1-20(2,3)19(26)24-12-10-21(11-13-24,18(25)22-15-8-9-15)23-16-6-5-7-17(14-16)27-4/h5-7,14-15,23H,8-13H2,1-4H3,(H,22,25). The summed E-state index contributed by atoms with van der Waals surface area (Å²) >= 11 is 0. The van der Waals surface area contributed by atoms with Gasteiger partial charge < -0.3 is 20.3 Å². The van der Waals surface area contributed by atoms with E-state index in [1.54, 1.807) is 7.11 Å². The van der Waals surface area contributed by atoms with Gasteiger partial charge in [-0.1, -0.05) is 26.8 Å². The van der Waals surface area contributed by atoms with Crippen LogP contribution in [0.4, 0.5) is 5.69 Å². The average molecular weight is 373 g/mol. The molecule has 0 spiro atoms. The maximum atomic E-state index is 13.1. The summed E-state index contributed by atoms with van der Waals surface area (Å²) in [6.07, 6.45) is 3.28. The number of methoxy groups -OCH3 is 1. The van der Waals surface area contributed by atoms with Gasteiger partial charge in [-0.25, -0.2) is 0 Å². The van der Waals surface area contributed by atoms with Crippen LogP contribution in [-0.4, -0.2) is 48.5 Å². The molecule has 27 heavy (non-hydrogen) atoms. The first-order valence-corrected chi connectivity index (χ1v) is 9.76. The van der Waals surface area contributed by atoms with E-state index in [1.165, 1.54) is 0 Å². The van der Waals surface area contributed by atoms with Crippen molar-refractivity contribution in [3.05, 3.63) is 24.3 Å². The lowest BCUT2D eigenvalue weighted by molar-refractivity contribution is -0.142. The largest absolute Gasteiger partial charge is 0.497 e. The summed E-state index contributed by atoms with van der Waals surface area (Å²) < 4.78 is 5.30. The molecule has 1 saturated carbocycles. The zero-order valence-corrected chi connectivity index (χ0v) is 16.8. The summed E-state index contributed by atoms with van der Waals surface area (Å²) in [5.41, 5.74) is -0.254. The zero-order valence-electron chi connectivity index (χ0n) is 16.8. The first-order chi connectivity index (χ1) is 12.7. The van der Waals surface area contributed by atoms with Gasteiger partial charge in [0.25, 0.3) is 0 Å². The van der Waals surface area contributed by atoms with Gasteiger partial charge in [0.15, 0.2) is 0 Å². The number of likely N-dealkylation sites (tertiary alicyclic amines) is 1. The molecule has 1 heterocycles. The Hall–Kier alpha value is -2.24. The van der Waals surface area contributed by atoms with E-state index in [0.717, 1.165) is 24.3 Å². The number of nitrogens with one attached hydrogen (secondary N) is 2. The average Bonchev–Trinajstić information content (AvgIpc) is 3.45. The highest BCUT2D eigenvalue weighted by Gasteiger charge is 2.45. The first-order valence-electron chi connectivity index (χ1n) is 9.76. The monoisotopic (exact) mass is 373 g/mol. The third-order valence-corrected chi connectivity index (χ3v) is 5.35. The minimum Gasteiger partial charge on any atom is -0.497 e. The minimum atomic E-state index is -0.705. The summed E-state index contributed by atoms with van der Waals surface area (Å²) in [7, 11) is 1.63. The summed E-state index contributed by atoms with van der Waals surface area (Å²) in [6.45, 7) is 6.96. The minimum absolute atomic E-state index is 0.0377. The molecule has 1 aromatic carbocycles. The lowest BCUT2D eigenvalue weighted by Gasteiger charge is -2.43. The number of carbonyl (C=O) groups excluding carboxylic acids is 2. The maximum absolute atomic E-state index is 13.1. The Kier molecular flexibility index (Phi) is 5.36. The van der Waals surface area contributed by atoms with Gasteiger partial charge in [0, 0.05) is 36.3 Å². The molecule has 6 nitrogen and oxygen atoms in total. The van der Waals surface area contributed by atoms with Crippen LogP contribution in [-0.2, 0) is 9.59 Å². The molecular formula is C21H31N3O3. The van der Waals surface area contributed by atoms with E-state index in [9.17, 15) is 9.59 Å². The molecule has 6 heteroatoms. The quantitative estimate of drug-likeness (QED) is 0.833. The van der Waals surface area contributed by atoms with Crippen molar-refractivity contribution < 1.29 is 14.3 Å². The lowest BCUT2D eigenvalue weighted by atomic mass is 9.84. The molecule has 0 bridgehead atoms. The Bertz CT molecular complexity index is 699. The number of amides is 2. The molecule has 2 fully saturated rings. The summed E-state index contributed by atoms with van der Waals surface area (Å²) in [5.74, 6) is 0.925. The number of benzene rings is 1. The fourth-order valence-corrected chi connectivity index (χ4v) is 3.50. The van der Waals surface area contributed by atoms with Crippen LogP contribution >= 0.6 is 0 Å². The highest BCUT2D eigenvalue weighted by molar-refractivity contribution is 5.91. The van der Waals surface area contributed by atoms with Crippen molar-refractivity contribution in [2.24, 2.45) is 5.41 Å². The first kappa shape index (κ1) is 19.5. The van der Waals surface area contributed by atoms with Gasteiger partial charge in [-0.05, 0) is 37.8 Å². The van der Waals surface area contributed by atoms with Crippen LogP contribution in [0.25, 0.3) is 0 Å². The topological polar surface area (TPSA) is 70.7 Å². The number of rotatable bonds is 5. The van der Waals surface area contributed by atoms with E-state index < -0.39 is 11.0 Å². The van der Waals surface area contributed by atoms with Crippen LogP contribution in [0.5, 0.6) is 5.75 Å². The van der Waals surface area contributed by atoms with Crippen molar-refractivity contribution in [1.29, 1.82) is 0 Å². The fourth-order valence-electron chi connectivity index (χ4n) is 3.50. The highest BCUT2D eigenvalue weighted by atomic mass is 16.5. The zero-order chi connectivity index (χ0) is 19.7. The van der Waals surface area contributed by atoms with Crippen molar-refractivity contribution >= 4 is 17.5 Å². The SMILES string of the molecule is COc1cccc(NC2(C(=O)NC3CC3)CCN(C(=O)C(C)(C)C)CC2)c1. The Morgan fingerprint density at radius 3 is 2.41 bits per heavy atom. The number of ether oxygens (including phenoxy) is 1. The molecule has 1 saturated heterocycles. The summed E-state index contributed by atoms with van der Waals surface area (Å²) in [5, 5.41) is 6.62. The second kappa shape index (κ2) is 7.41. The van der Waals surface area contributed by atoms with E-state index in [-0.39, 0.29) is 11.8 Å². The number of carbonyl (C=O) groups is 2. The van der Waals surface area contributed by atoms with Crippen molar-refractivity contribution in [3.8, 4) is 5.75 Å². The normalized spacial score (nSPS) is 19.3. The van der Waals surface area contributed by atoms with E-state index >= 15 is 0 Å². The molecule has 1 aliphatic heterocycles. The van der Waals surface area contributed by atoms with Gasteiger partial charge in [-0.3, -0.25) is 9.59 Å². The van der Waals surface area contributed by atoms with Crippen molar-refractivity contribution in [2.75, 3.05) is 25.5 Å². The number of anilines is 1. The van der Waals surface area contributed by atoms with Crippen LogP contribution in [0, 0.1) is 5.41 Å². The number of nitrogens with zero attached hydrogens (tertiary/aromatic N) is 1. The van der Waals surface area contributed by atoms with Gasteiger partial charge in [-0.2, -0.15) is 0 Å². The van der Waals surface area contributed by atoms with Crippen molar-refractivity contribution in [1.82, 2.24) is 10.2 Å². The number of hydrogen-bond donors (Lipinski definition) is 2. The molecule has 2 N–H and O–H groups in total. The Balaban J connectivity index is 1.77. The highest BCUT2D eigenvalue weighted by Crippen LogP contribution is 2.32. The molecule has 0 aromatic heterocycles. The second-order valence-corrected chi connectivity index (χ2v) is 8.73. The van der Waals surface area contributed by atoms with E-state index in [1.807, 2.05) is 49.9 Å². The van der Waals surface area contributed by atoms with Crippen LogP contribution in [0.15, 0.2) is 24.3 Å². The third-order valence-electron chi connectivity index (χ3n) is 5.35. The molecule has 0 unspecified atom stereocenters. The van der Waals surface area contributed by atoms with Crippen LogP contribution in [0.1, 0.15) is 46.5 Å². The molecule has 0 atom stereocenters. The smallest absolute Gasteiger partial charge is 0.246 e. The third kappa shape index (κ3) is 4.54. The van der Waals surface area contributed by atoms with Crippen molar-refractivity contribution in [2.45, 2.75) is 58.0 Å². The van der Waals surface area contributed by atoms with Crippen molar-refractivity contribution in [3.63, 3.8) is 0 Å². The van der Waals surface area contributed by atoms with E-state index in [4.69, 9.17) is 4.74 Å². The molecule has 3 rings (SSSR count). The maximum Gasteiger partial charge on any atom is 0.246 e. The van der Waals surface area contributed by atoms with Crippen LogP contribution in [0.2, 0.25) is 0 Å². The Labute approximate surface area is 161 Å². The van der Waals surface area contributed by atoms with E-state index in [0.29, 0.717) is 32.0 Å². The van der Waals surface area contributed by atoms with E-state index in [2.05, 4.69) is 10.6 Å². The van der Waals surface area contributed by atoms with Crippen LogP contribution in [0.3, 0.4) is 0 Å². The molecule has 2 aliphatic rings. The summed E-state index contributed by atoms with van der Waals surface area (Å²) in [4.78, 5) is 27.6. The van der Waals surface area contributed by atoms with Gasteiger partial charge in [0.1, 0.15) is 11.3 Å². The van der Waals surface area contributed by atoms with Gasteiger partial charge in [-0.15, -0.1) is 0 Å². The molecule has 0 radical (unpaired) electrons. The Morgan fingerprint density at radius 1 is 1.19 bits per heavy atom. The Morgan fingerprint density at radius 2 is 1.85 bits per heavy atom. The predicted octanol–water partition coefficient (Wildman–Crippen LogP) is 2.79. The fraction of sp³-hybridized carbons (Fsp3) is 0.619. The van der Waals surface area contributed by atoms with Gasteiger partial charge >= 0.3 is 0 Å². The second-order valence-electron chi connectivity index (χ2n) is 8.73. The summed E-state index contributed by atoms with van der Waals surface area (Å²) in [6, 6.07) is 7.94.